The molecule has 3 aromatic rings. The lowest BCUT2D eigenvalue weighted by molar-refractivity contribution is -0.134. The van der Waals surface area contributed by atoms with Crippen LogP contribution in [0.4, 0.5) is 5.82 Å². The van der Waals surface area contributed by atoms with E-state index in [0.29, 0.717) is 29.8 Å². The number of amides is 1. The molecule has 6 heteroatoms. The molecule has 1 saturated heterocycles. The Balaban J connectivity index is 1.42. The monoisotopic (exact) mass is 448 g/mol. The number of aromatic nitrogens is 2. The van der Waals surface area contributed by atoms with Crippen molar-refractivity contribution >= 4 is 34.2 Å². The number of hydrogen-bond donors (Lipinski definition) is 0. The molecule has 0 unspecified atom stereocenters. The SMILES string of the molecule is CC1(C)C(C(=O)N2CCN(c3nc(-c4ccccc4Cl)nc4ccccc34)CC2)C1(C)C. The van der Waals surface area contributed by atoms with Crippen LogP contribution in [-0.4, -0.2) is 47.0 Å². The van der Waals surface area contributed by atoms with Gasteiger partial charge < -0.3 is 9.80 Å². The van der Waals surface area contributed by atoms with Crippen LogP contribution >= 0.6 is 11.6 Å². The summed E-state index contributed by atoms with van der Waals surface area (Å²) in [4.78, 5) is 27.2. The first-order valence-electron chi connectivity index (χ1n) is 11.3. The molecule has 2 aromatic carbocycles. The number of rotatable bonds is 3. The summed E-state index contributed by atoms with van der Waals surface area (Å²) in [6.07, 6.45) is 0. The van der Waals surface area contributed by atoms with Crippen molar-refractivity contribution in [2.75, 3.05) is 31.1 Å². The maximum atomic E-state index is 13.2. The first-order valence-corrected chi connectivity index (χ1v) is 11.6. The second kappa shape index (κ2) is 7.45. The zero-order valence-corrected chi connectivity index (χ0v) is 19.9. The summed E-state index contributed by atoms with van der Waals surface area (Å²) in [7, 11) is 0. The van der Waals surface area contributed by atoms with Gasteiger partial charge in [0.1, 0.15) is 5.82 Å². The number of halogens is 1. The molecule has 2 fully saturated rings. The van der Waals surface area contributed by atoms with Crippen LogP contribution in [0.1, 0.15) is 27.7 Å². The zero-order chi connectivity index (χ0) is 22.7. The van der Waals surface area contributed by atoms with E-state index in [0.717, 1.165) is 35.4 Å². The van der Waals surface area contributed by atoms with Crippen LogP contribution < -0.4 is 4.90 Å². The van der Waals surface area contributed by atoms with Gasteiger partial charge in [0.25, 0.3) is 0 Å². The highest BCUT2D eigenvalue weighted by Crippen LogP contribution is 2.68. The van der Waals surface area contributed by atoms with Crippen molar-refractivity contribution in [3.63, 3.8) is 0 Å². The van der Waals surface area contributed by atoms with E-state index < -0.39 is 0 Å². The summed E-state index contributed by atoms with van der Waals surface area (Å²) < 4.78 is 0. The van der Waals surface area contributed by atoms with Crippen molar-refractivity contribution < 1.29 is 4.79 Å². The average Bonchev–Trinajstić information content (AvgIpc) is 3.20. The maximum absolute atomic E-state index is 13.2. The lowest BCUT2D eigenvalue weighted by Crippen LogP contribution is -2.50. The van der Waals surface area contributed by atoms with Gasteiger partial charge in [0.05, 0.1) is 10.5 Å². The Bertz CT molecular complexity index is 1180. The van der Waals surface area contributed by atoms with Gasteiger partial charge in [-0.15, -0.1) is 0 Å². The van der Waals surface area contributed by atoms with Gasteiger partial charge in [0.2, 0.25) is 5.91 Å². The fourth-order valence-electron chi connectivity index (χ4n) is 5.20. The standard InChI is InChI=1S/C26H29ClN4O/c1-25(2)21(26(25,3)4)24(32)31-15-13-30(14-16-31)23-18-10-6-8-12-20(18)28-22(29-23)17-9-5-7-11-19(17)27/h5-12,21H,13-16H2,1-4H3. The Hall–Kier alpha value is -2.66. The molecular formula is C26H29ClN4O. The minimum atomic E-state index is 0.0634. The number of piperazine rings is 1. The minimum Gasteiger partial charge on any atom is -0.352 e. The van der Waals surface area contributed by atoms with Gasteiger partial charge in [0.15, 0.2) is 5.82 Å². The molecule has 5 nitrogen and oxygen atoms in total. The quantitative estimate of drug-likeness (QED) is 0.546. The molecule has 166 valence electrons. The van der Waals surface area contributed by atoms with Crippen molar-refractivity contribution in [3.8, 4) is 11.4 Å². The Labute approximate surface area is 194 Å². The summed E-state index contributed by atoms with van der Waals surface area (Å²) in [6, 6.07) is 15.8. The molecule has 0 radical (unpaired) electrons. The third kappa shape index (κ3) is 3.25. The van der Waals surface area contributed by atoms with E-state index >= 15 is 0 Å². The van der Waals surface area contributed by atoms with Crippen molar-refractivity contribution in [1.82, 2.24) is 14.9 Å². The number of para-hydroxylation sites is 1. The Kier molecular flexibility index (Phi) is 4.93. The smallest absolute Gasteiger partial charge is 0.226 e. The van der Waals surface area contributed by atoms with E-state index in [4.69, 9.17) is 21.6 Å². The molecule has 1 aromatic heterocycles. The number of benzene rings is 2. The van der Waals surface area contributed by atoms with Crippen LogP contribution in [0.2, 0.25) is 5.02 Å². The Morgan fingerprint density at radius 1 is 0.906 bits per heavy atom. The molecule has 2 heterocycles. The number of anilines is 1. The average molecular weight is 449 g/mol. The Morgan fingerprint density at radius 2 is 1.53 bits per heavy atom. The fraction of sp³-hybridized carbons (Fsp3) is 0.423. The molecule has 0 spiro atoms. The molecule has 1 saturated carbocycles. The predicted octanol–water partition coefficient (Wildman–Crippen LogP) is 5.28. The highest BCUT2D eigenvalue weighted by Gasteiger charge is 2.68. The maximum Gasteiger partial charge on any atom is 0.226 e. The number of carbonyl (C=O) groups excluding carboxylic acids is 1. The second-order valence-electron chi connectivity index (χ2n) is 10.1. The highest BCUT2D eigenvalue weighted by atomic mass is 35.5. The van der Waals surface area contributed by atoms with Crippen LogP contribution in [0.25, 0.3) is 22.3 Å². The number of hydrogen-bond acceptors (Lipinski definition) is 4. The molecule has 5 rings (SSSR count). The van der Waals surface area contributed by atoms with Crippen LogP contribution in [-0.2, 0) is 4.79 Å². The normalized spacial score (nSPS) is 19.9. The van der Waals surface area contributed by atoms with Crippen molar-refractivity contribution in [1.29, 1.82) is 0 Å². The summed E-state index contributed by atoms with van der Waals surface area (Å²) in [6.45, 7) is 11.7. The summed E-state index contributed by atoms with van der Waals surface area (Å²) >= 11 is 6.45. The van der Waals surface area contributed by atoms with Gasteiger partial charge in [-0.2, -0.15) is 0 Å². The molecule has 0 N–H and O–H groups in total. The van der Waals surface area contributed by atoms with E-state index in [9.17, 15) is 4.79 Å². The van der Waals surface area contributed by atoms with E-state index in [1.165, 1.54) is 0 Å². The molecular weight excluding hydrogens is 420 g/mol. The highest BCUT2D eigenvalue weighted by molar-refractivity contribution is 6.33. The van der Waals surface area contributed by atoms with Gasteiger partial charge in [-0.3, -0.25) is 4.79 Å². The van der Waals surface area contributed by atoms with Gasteiger partial charge in [-0.25, -0.2) is 9.97 Å². The molecule has 0 bridgehead atoms. The van der Waals surface area contributed by atoms with Crippen molar-refractivity contribution in [2.45, 2.75) is 27.7 Å². The Morgan fingerprint density at radius 3 is 2.19 bits per heavy atom. The summed E-state index contributed by atoms with van der Waals surface area (Å²) in [5.41, 5.74) is 1.85. The largest absolute Gasteiger partial charge is 0.352 e. The summed E-state index contributed by atoms with van der Waals surface area (Å²) in [5.74, 6) is 1.94. The topological polar surface area (TPSA) is 49.3 Å². The van der Waals surface area contributed by atoms with Crippen LogP contribution in [0.3, 0.4) is 0 Å². The first kappa shape index (κ1) is 21.2. The predicted molar refractivity (Wildman–Crippen MR) is 130 cm³/mol. The van der Waals surface area contributed by atoms with E-state index in [-0.39, 0.29) is 16.7 Å². The third-order valence-electron chi connectivity index (χ3n) is 7.86. The molecule has 0 atom stereocenters. The lowest BCUT2D eigenvalue weighted by atomic mass is 10.0. The van der Waals surface area contributed by atoms with Crippen LogP contribution in [0, 0.1) is 16.7 Å². The van der Waals surface area contributed by atoms with Crippen molar-refractivity contribution in [2.24, 2.45) is 16.7 Å². The minimum absolute atomic E-state index is 0.0634. The van der Waals surface area contributed by atoms with Gasteiger partial charge >= 0.3 is 0 Å². The number of fused-ring (bicyclic) bond motifs is 1. The second-order valence-corrected chi connectivity index (χ2v) is 10.5. The van der Waals surface area contributed by atoms with Crippen LogP contribution in [0.5, 0.6) is 0 Å². The van der Waals surface area contributed by atoms with E-state index in [1.807, 2.05) is 47.4 Å². The van der Waals surface area contributed by atoms with E-state index in [1.54, 1.807) is 0 Å². The van der Waals surface area contributed by atoms with Crippen LogP contribution in [0.15, 0.2) is 48.5 Å². The van der Waals surface area contributed by atoms with Crippen molar-refractivity contribution in [3.05, 3.63) is 53.6 Å². The number of carbonyl (C=O) groups is 1. The van der Waals surface area contributed by atoms with Gasteiger partial charge in [-0.05, 0) is 35.1 Å². The number of nitrogens with zero attached hydrogens (tertiary/aromatic N) is 4. The van der Waals surface area contributed by atoms with Gasteiger partial charge in [-0.1, -0.05) is 63.6 Å². The third-order valence-corrected chi connectivity index (χ3v) is 8.19. The molecule has 1 amide bonds. The molecule has 1 aliphatic carbocycles. The zero-order valence-electron chi connectivity index (χ0n) is 19.1. The lowest BCUT2D eigenvalue weighted by Gasteiger charge is -2.36. The van der Waals surface area contributed by atoms with E-state index in [2.05, 4.69) is 38.7 Å². The first-order chi connectivity index (χ1) is 15.2. The summed E-state index contributed by atoms with van der Waals surface area (Å²) in [5, 5.41) is 1.66. The fourth-order valence-corrected chi connectivity index (χ4v) is 5.42. The molecule has 32 heavy (non-hydrogen) atoms. The van der Waals surface area contributed by atoms with Gasteiger partial charge in [0, 0.05) is 43.0 Å². The molecule has 1 aliphatic heterocycles. The molecule has 2 aliphatic rings.